The number of nitrogens with one attached hydrogen (secondary N) is 2. The highest BCUT2D eigenvalue weighted by molar-refractivity contribution is 6.03. The van der Waals surface area contributed by atoms with E-state index in [1.165, 1.54) is 5.56 Å². The molecular formula is C22H22N4O3. The summed E-state index contributed by atoms with van der Waals surface area (Å²) in [5, 5.41) is 14.3. The molecule has 0 fully saturated rings. The predicted octanol–water partition coefficient (Wildman–Crippen LogP) is 4.37. The van der Waals surface area contributed by atoms with Gasteiger partial charge in [0.15, 0.2) is 23.0 Å². The molecule has 0 saturated carbocycles. The number of benzene rings is 2. The number of para-hydroxylation sites is 1. The molecule has 0 bridgehead atoms. The molecule has 0 saturated heterocycles. The fraction of sp³-hybridized carbons (Fsp3) is 0.227. The van der Waals surface area contributed by atoms with E-state index in [9.17, 15) is 4.79 Å². The van der Waals surface area contributed by atoms with Crippen LogP contribution in [0.5, 0.6) is 11.5 Å². The van der Waals surface area contributed by atoms with Gasteiger partial charge >= 0.3 is 0 Å². The van der Waals surface area contributed by atoms with E-state index < -0.39 is 0 Å². The van der Waals surface area contributed by atoms with Crippen molar-refractivity contribution in [2.24, 2.45) is 0 Å². The molecule has 2 aromatic carbocycles. The Balaban J connectivity index is 1.44. The maximum atomic E-state index is 12.5. The second kappa shape index (κ2) is 8.18. The fourth-order valence-electron chi connectivity index (χ4n) is 3.09. The van der Waals surface area contributed by atoms with Gasteiger partial charge < -0.3 is 20.1 Å². The summed E-state index contributed by atoms with van der Waals surface area (Å²) in [5.41, 5.74) is 3.00. The van der Waals surface area contributed by atoms with Gasteiger partial charge in [-0.1, -0.05) is 32.0 Å². The van der Waals surface area contributed by atoms with Crippen LogP contribution in [0.2, 0.25) is 0 Å². The summed E-state index contributed by atoms with van der Waals surface area (Å²) in [6, 6.07) is 16.7. The Labute approximate surface area is 169 Å². The molecule has 0 atom stereocenters. The van der Waals surface area contributed by atoms with Crippen LogP contribution in [0, 0.1) is 0 Å². The van der Waals surface area contributed by atoms with Crippen molar-refractivity contribution in [3.05, 3.63) is 65.9 Å². The van der Waals surface area contributed by atoms with E-state index in [4.69, 9.17) is 9.47 Å². The van der Waals surface area contributed by atoms with Crippen molar-refractivity contribution in [1.29, 1.82) is 0 Å². The van der Waals surface area contributed by atoms with Crippen LogP contribution in [0.1, 0.15) is 35.8 Å². The average molecular weight is 390 g/mol. The van der Waals surface area contributed by atoms with Gasteiger partial charge in [0.05, 0.1) is 0 Å². The van der Waals surface area contributed by atoms with Gasteiger partial charge in [-0.05, 0) is 41.8 Å². The number of carbonyl (C=O) groups is 1. The molecule has 1 amide bonds. The van der Waals surface area contributed by atoms with Crippen molar-refractivity contribution < 1.29 is 14.3 Å². The van der Waals surface area contributed by atoms with E-state index in [0.717, 1.165) is 5.69 Å². The van der Waals surface area contributed by atoms with Crippen molar-refractivity contribution in [3.8, 4) is 11.5 Å². The first-order valence-electron chi connectivity index (χ1n) is 9.51. The molecule has 1 aliphatic rings. The zero-order valence-corrected chi connectivity index (χ0v) is 16.3. The zero-order valence-electron chi connectivity index (χ0n) is 16.3. The van der Waals surface area contributed by atoms with Crippen molar-refractivity contribution in [1.82, 2.24) is 10.2 Å². The number of aromatic nitrogens is 2. The average Bonchev–Trinajstić information content (AvgIpc) is 2.74. The van der Waals surface area contributed by atoms with Gasteiger partial charge in [0.1, 0.15) is 13.2 Å². The topological polar surface area (TPSA) is 85.4 Å². The molecule has 0 spiro atoms. The Morgan fingerprint density at radius 3 is 2.52 bits per heavy atom. The molecule has 1 aromatic heterocycles. The zero-order chi connectivity index (χ0) is 20.2. The van der Waals surface area contributed by atoms with Crippen LogP contribution in [0.4, 0.5) is 17.2 Å². The molecule has 0 radical (unpaired) electrons. The standard InChI is InChI=1S/C22H22N4O3/c1-14(2)16-5-3-4-6-17(16)24-21-10-8-18(25-26-21)22(27)23-15-7-9-19-20(13-15)29-12-11-28-19/h3-10,13-14H,11-12H2,1-2H3,(H,23,27)(H,24,26). The number of hydrogen-bond donors (Lipinski definition) is 2. The molecule has 2 heterocycles. The highest BCUT2D eigenvalue weighted by atomic mass is 16.6. The van der Waals surface area contributed by atoms with Crippen LogP contribution in [0.25, 0.3) is 0 Å². The number of nitrogens with zero attached hydrogens (tertiary/aromatic N) is 2. The molecule has 7 heteroatoms. The second-order valence-electron chi connectivity index (χ2n) is 6.98. The summed E-state index contributed by atoms with van der Waals surface area (Å²) in [4.78, 5) is 12.5. The van der Waals surface area contributed by atoms with E-state index in [-0.39, 0.29) is 11.6 Å². The Morgan fingerprint density at radius 2 is 1.76 bits per heavy atom. The monoisotopic (exact) mass is 390 g/mol. The van der Waals surface area contributed by atoms with Gasteiger partial charge in [0.2, 0.25) is 0 Å². The molecule has 7 nitrogen and oxygen atoms in total. The number of rotatable bonds is 5. The summed E-state index contributed by atoms with van der Waals surface area (Å²) in [6.45, 7) is 5.29. The van der Waals surface area contributed by atoms with Crippen LogP contribution in [-0.4, -0.2) is 29.3 Å². The third-order valence-electron chi connectivity index (χ3n) is 4.54. The molecule has 3 aromatic rings. The van der Waals surface area contributed by atoms with Crippen LogP contribution in [0.15, 0.2) is 54.6 Å². The van der Waals surface area contributed by atoms with Gasteiger partial charge in [0.25, 0.3) is 5.91 Å². The number of ether oxygens (including phenoxy) is 2. The lowest BCUT2D eigenvalue weighted by atomic mass is 10.0. The molecule has 1 aliphatic heterocycles. The molecule has 2 N–H and O–H groups in total. The summed E-state index contributed by atoms with van der Waals surface area (Å²) in [6.07, 6.45) is 0. The van der Waals surface area contributed by atoms with Gasteiger partial charge in [-0.2, -0.15) is 0 Å². The largest absolute Gasteiger partial charge is 0.486 e. The van der Waals surface area contributed by atoms with Crippen LogP contribution in [-0.2, 0) is 0 Å². The first-order valence-corrected chi connectivity index (χ1v) is 9.51. The normalized spacial score (nSPS) is 12.5. The summed E-state index contributed by atoms with van der Waals surface area (Å²) >= 11 is 0. The number of fused-ring (bicyclic) bond motifs is 1. The smallest absolute Gasteiger partial charge is 0.276 e. The minimum atomic E-state index is -0.344. The number of anilines is 3. The van der Waals surface area contributed by atoms with E-state index in [1.807, 2.05) is 18.2 Å². The molecule has 0 aliphatic carbocycles. The number of carbonyl (C=O) groups excluding carboxylic acids is 1. The molecule has 29 heavy (non-hydrogen) atoms. The third-order valence-corrected chi connectivity index (χ3v) is 4.54. The van der Waals surface area contributed by atoms with E-state index >= 15 is 0 Å². The maximum Gasteiger partial charge on any atom is 0.276 e. The predicted molar refractivity (Wildman–Crippen MR) is 111 cm³/mol. The van der Waals surface area contributed by atoms with Crippen molar-refractivity contribution in [2.75, 3.05) is 23.8 Å². The van der Waals surface area contributed by atoms with E-state index in [2.05, 4.69) is 40.7 Å². The van der Waals surface area contributed by atoms with E-state index in [1.54, 1.807) is 30.3 Å². The minimum Gasteiger partial charge on any atom is -0.486 e. The number of hydrogen-bond acceptors (Lipinski definition) is 6. The quantitative estimate of drug-likeness (QED) is 0.673. The van der Waals surface area contributed by atoms with E-state index in [0.29, 0.717) is 42.1 Å². The Bertz CT molecular complexity index is 1020. The fourth-order valence-corrected chi connectivity index (χ4v) is 3.09. The van der Waals surface area contributed by atoms with Crippen LogP contribution in [0.3, 0.4) is 0 Å². The molecular weight excluding hydrogens is 368 g/mol. The summed E-state index contributed by atoms with van der Waals surface area (Å²) < 4.78 is 11.0. The van der Waals surface area contributed by atoms with Gasteiger partial charge in [-0.15, -0.1) is 10.2 Å². The minimum absolute atomic E-state index is 0.225. The van der Waals surface area contributed by atoms with Gasteiger partial charge in [-0.25, -0.2) is 0 Å². The lowest BCUT2D eigenvalue weighted by Gasteiger charge is -2.18. The SMILES string of the molecule is CC(C)c1ccccc1Nc1ccc(C(=O)Nc2ccc3c(c2)OCCO3)nn1. The second-order valence-corrected chi connectivity index (χ2v) is 6.98. The lowest BCUT2D eigenvalue weighted by Crippen LogP contribution is -2.17. The van der Waals surface area contributed by atoms with Gasteiger partial charge in [-0.3, -0.25) is 4.79 Å². The Hall–Kier alpha value is -3.61. The Morgan fingerprint density at radius 1 is 0.966 bits per heavy atom. The summed E-state index contributed by atoms with van der Waals surface area (Å²) in [5.74, 6) is 1.90. The first kappa shape index (κ1) is 18.7. The van der Waals surface area contributed by atoms with Crippen molar-refractivity contribution in [2.45, 2.75) is 19.8 Å². The van der Waals surface area contributed by atoms with Crippen LogP contribution < -0.4 is 20.1 Å². The van der Waals surface area contributed by atoms with Crippen molar-refractivity contribution >= 4 is 23.1 Å². The molecule has 0 unspecified atom stereocenters. The molecule has 148 valence electrons. The van der Waals surface area contributed by atoms with Crippen molar-refractivity contribution in [3.63, 3.8) is 0 Å². The third kappa shape index (κ3) is 4.29. The first-order chi connectivity index (χ1) is 14.1. The maximum absolute atomic E-state index is 12.5. The highest BCUT2D eigenvalue weighted by Crippen LogP contribution is 2.32. The lowest BCUT2D eigenvalue weighted by molar-refractivity contribution is 0.102. The van der Waals surface area contributed by atoms with Gasteiger partial charge in [0, 0.05) is 17.4 Å². The van der Waals surface area contributed by atoms with Crippen LogP contribution >= 0.6 is 0 Å². The summed E-state index contributed by atoms with van der Waals surface area (Å²) in [7, 11) is 0. The molecule has 4 rings (SSSR count). The Kier molecular flexibility index (Phi) is 5.29. The number of amides is 1. The highest BCUT2D eigenvalue weighted by Gasteiger charge is 2.14.